The number of nitrogens with two attached hydrogens (primary N) is 1. The first kappa shape index (κ1) is 13.3. The van der Waals surface area contributed by atoms with E-state index in [1.807, 2.05) is 19.1 Å². The molecule has 0 saturated heterocycles. The summed E-state index contributed by atoms with van der Waals surface area (Å²) in [6, 6.07) is 10.0. The van der Waals surface area contributed by atoms with Crippen molar-refractivity contribution in [3.05, 3.63) is 41.7 Å². The minimum Gasteiger partial charge on any atom is -0.340 e. The van der Waals surface area contributed by atoms with Crippen LogP contribution >= 0.6 is 0 Å². The highest BCUT2D eigenvalue weighted by Gasteiger charge is 2.04. The van der Waals surface area contributed by atoms with Gasteiger partial charge in [-0.15, -0.1) is 0 Å². The van der Waals surface area contributed by atoms with Crippen molar-refractivity contribution >= 4 is 17.3 Å². The van der Waals surface area contributed by atoms with Crippen LogP contribution in [0.1, 0.15) is 24.7 Å². The number of aromatic nitrogens is 2. The zero-order chi connectivity index (χ0) is 13.7. The quantitative estimate of drug-likeness (QED) is 0.567. The fraction of sp³-hybridized carbons (Fsp3) is 0.286. The molecule has 19 heavy (non-hydrogen) atoms. The van der Waals surface area contributed by atoms with Gasteiger partial charge in [0, 0.05) is 11.8 Å². The van der Waals surface area contributed by atoms with Crippen molar-refractivity contribution in [1.82, 2.24) is 9.97 Å². The zero-order valence-corrected chi connectivity index (χ0v) is 11.3. The van der Waals surface area contributed by atoms with E-state index in [1.54, 1.807) is 6.07 Å². The molecule has 0 spiro atoms. The molecule has 1 aromatic carbocycles. The molecule has 0 radical (unpaired) electrons. The van der Waals surface area contributed by atoms with E-state index in [0.29, 0.717) is 11.6 Å². The maximum Gasteiger partial charge on any atom is 0.145 e. The summed E-state index contributed by atoms with van der Waals surface area (Å²) in [5.74, 6) is 7.40. The highest BCUT2D eigenvalue weighted by atomic mass is 15.3. The summed E-state index contributed by atoms with van der Waals surface area (Å²) in [6.07, 6.45) is 2.15. The summed E-state index contributed by atoms with van der Waals surface area (Å²) in [6.45, 7) is 4.01. The normalized spacial score (nSPS) is 10.3. The van der Waals surface area contributed by atoms with Gasteiger partial charge in [0.25, 0.3) is 0 Å². The van der Waals surface area contributed by atoms with Crippen LogP contribution in [-0.2, 0) is 6.42 Å². The van der Waals surface area contributed by atoms with Crippen molar-refractivity contribution < 1.29 is 0 Å². The van der Waals surface area contributed by atoms with E-state index < -0.39 is 0 Å². The highest BCUT2D eigenvalue weighted by molar-refractivity contribution is 5.62. The standard InChI is InChI=1S/C14H19N5/c1-3-6-11-7-4-5-8-12(11)18-13-9-14(19-15)17-10(2)16-13/h4-5,7-9H,3,6,15H2,1-2H3,(H2,16,17,18,19). The molecule has 100 valence electrons. The first-order chi connectivity index (χ1) is 9.22. The third-order valence-corrected chi connectivity index (χ3v) is 2.79. The molecule has 1 heterocycles. The lowest BCUT2D eigenvalue weighted by Gasteiger charge is -2.12. The van der Waals surface area contributed by atoms with Crippen molar-refractivity contribution in [2.45, 2.75) is 26.7 Å². The molecule has 0 aliphatic rings. The Bertz CT molecular complexity index is 553. The van der Waals surface area contributed by atoms with Crippen molar-refractivity contribution in [2.75, 3.05) is 10.7 Å². The fourth-order valence-electron chi connectivity index (χ4n) is 1.97. The number of hydrogen-bond acceptors (Lipinski definition) is 5. The highest BCUT2D eigenvalue weighted by Crippen LogP contribution is 2.22. The van der Waals surface area contributed by atoms with E-state index >= 15 is 0 Å². The molecule has 0 fully saturated rings. The van der Waals surface area contributed by atoms with Crippen molar-refractivity contribution in [3.8, 4) is 0 Å². The third-order valence-electron chi connectivity index (χ3n) is 2.79. The maximum absolute atomic E-state index is 5.39. The van der Waals surface area contributed by atoms with Crippen LogP contribution in [0.5, 0.6) is 0 Å². The number of nitrogens with one attached hydrogen (secondary N) is 2. The van der Waals surface area contributed by atoms with Crippen LogP contribution in [-0.4, -0.2) is 9.97 Å². The Balaban J connectivity index is 2.28. The molecule has 2 aromatic rings. The van der Waals surface area contributed by atoms with Gasteiger partial charge in [0.1, 0.15) is 17.5 Å². The Kier molecular flexibility index (Phi) is 4.30. The van der Waals surface area contributed by atoms with Crippen molar-refractivity contribution in [3.63, 3.8) is 0 Å². The first-order valence-corrected chi connectivity index (χ1v) is 6.40. The average molecular weight is 257 g/mol. The minimum atomic E-state index is 0.600. The Labute approximate surface area is 113 Å². The summed E-state index contributed by atoms with van der Waals surface area (Å²) in [4.78, 5) is 8.53. The summed E-state index contributed by atoms with van der Waals surface area (Å²) < 4.78 is 0. The molecule has 0 atom stereocenters. The number of nitrogens with zero attached hydrogens (tertiary/aromatic N) is 2. The van der Waals surface area contributed by atoms with Gasteiger partial charge < -0.3 is 10.7 Å². The van der Waals surface area contributed by atoms with Crippen molar-refractivity contribution in [2.24, 2.45) is 5.84 Å². The van der Waals surface area contributed by atoms with Crippen LogP contribution < -0.4 is 16.6 Å². The molecule has 0 bridgehead atoms. The maximum atomic E-state index is 5.39. The second-order valence-electron chi connectivity index (χ2n) is 4.36. The largest absolute Gasteiger partial charge is 0.340 e. The molecule has 0 aliphatic heterocycles. The first-order valence-electron chi connectivity index (χ1n) is 6.40. The lowest BCUT2D eigenvalue weighted by molar-refractivity contribution is 0.923. The zero-order valence-electron chi connectivity index (χ0n) is 11.3. The number of rotatable bonds is 5. The van der Waals surface area contributed by atoms with E-state index in [0.717, 1.165) is 24.3 Å². The Morgan fingerprint density at radius 1 is 1.16 bits per heavy atom. The second-order valence-corrected chi connectivity index (χ2v) is 4.36. The molecule has 4 N–H and O–H groups in total. The van der Waals surface area contributed by atoms with Crippen LogP contribution in [0.2, 0.25) is 0 Å². The lowest BCUT2D eigenvalue weighted by atomic mass is 10.1. The van der Waals surface area contributed by atoms with Crippen LogP contribution in [0.15, 0.2) is 30.3 Å². The number of hydrogen-bond donors (Lipinski definition) is 3. The molecule has 0 aliphatic carbocycles. The lowest BCUT2D eigenvalue weighted by Crippen LogP contribution is -2.10. The Morgan fingerprint density at radius 3 is 2.63 bits per heavy atom. The minimum absolute atomic E-state index is 0.600. The van der Waals surface area contributed by atoms with E-state index in [1.165, 1.54) is 5.56 Å². The van der Waals surface area contributed by atoms with Crippen LogP contribution in [0, 0.1) is 6.92 Å². The number of para-hydroxylation sites is 1. The van der Waals surface area contributed by atoms with Gasteiger partial charge >= 0.3 is 0 Å². The van der Waals surface area contributed by atoms with Gasteiger partial charge in [-0.2, -0.15) is 0 Å². The summed E-state index contributed by atoms with van der Waals surface area (Å²) >= 11 is 0. The average Bonchev–Trinajstić information content (AvgIpc) is 2.40. The van der Waals surface area contributed by atoms with Crippen LogP contribution in [0.4, 0.5) is 17.3 Å². The summed E-state index contributed by atoms with van der Waals surface area (Å²) in [5.41, 5.74) is 4.90. The van der Waals surface area contributed by atoms with Gasteiger partial charge in [0.2, 0.25) is 0 Å². The SMILES string of the molecule is CCCc1ccccc1Nc1cc(NN)nc(C)n1. The van der Waals surface area contributed by atoms with E-state index in [4.69, 9.17) is 5.84 Å². The van der Waals surface area contributed by atoms with E-state index in [9.17, 15) is 0 Å². The number of nitrogen functional groups attached to an aromatic ring is 1. The molecule has 5 heteroatoms. The summed E-state index contributed by atoms with van der Waals surface area (Å²) in [5, 5.41) is 3.33. The molecular formula is C14H19N5. The molecule has 0 amide bonds. The van der Waals surface area contributed by atoms with Crippen molar-refractivity contribution in [1.29, 1.82) is 0 Å². The molecule has 1 aromatic heterocycles. The van der Waals surface area contributed by atoms with Gasteiger partial charge in [-0.05, 0) is 25.0 Å². The van der Waals surface area contributed by atoms with Crippen LogP contribution in [0.25, 0.3) is 0 Å². The monoisotopic (exact) mass is 257 g/mol. The number of aryl methyl sites for hydroxylation is 2. The third kappa shape index (κ3) is 3.42. The predicted molar refractivity (Wildman–Crippen MR) is 78.3 cm³/mol. The van der Waals surface area contributed by atoms with Gasteiger partial charge in [-0.3, -0.25) is 0 Å². The Morgan fingerprint density at radius 2 is 1.89 bits per heavy atom. The van der Waals surface area contributed by atoms with Crippen LogP contribution in [0.3, 0.4) is 0 Å². The summed E-state index contributed by atoms with van der Waals surface area (Å²) in [7, 11) is 0. The molecule has 2 rings (SSSR count). The molecule has 5 nitrogen and oxygen atoms in total. The molecule has 0 unspecified atom stereocenters. The van der Waals surface area contributed by atoms with Gasteiger partial charge in [-0.1, -0.05) is 31.5 Å². The van der Waals surface area contributed by atoms with Gasteiger partial charge in [0.15, 0.2) is 0 Å². The second kappa shape index (κ2) is 6.15. The van der Waals surface area contributed by atoms with Gasteiger partial charge in [-0.25, -0.2) is 15.8 Å². The van der Waals surface area contributed by atoms with E-state index in [2.05, 4.69) is 39.8 Å². The van der Waals surface area contributed by atoms with Gasteiger partial charge in [0.05, 0.1) is 0 Å². The Hall–Kier alpha value is -2.14. The van der Waals surface area contributed by atoms with E-state index in [-0.39, 0.29) is 0 Å². The molecular weight excluding hydrogens is 238 g/mol. The smallest absolute Gasteiger partial charge is 0.145 e. The molecule has 0 saturated carbocycles. The predicted octanol–water partition coefficient (Wildman–Crippen LogP) is 2.77. The number of hydrazine groups is 1. The number of anilines is 3. The fourth-order valence-corrected chi connectivity index (χ4v) is 1.97. The number of benzene rings is 1. The topological polar surface area (TPSA) is 75.9 Å².